The number of hydrogen-bond acceptors (Lipinski definition) is 3. The Morgan fingerprint density at radius 3 is 2.35 bits per heavy atom. The quantitative estimate of drug-likeness (QED) is 0.848. The van der Waals surface area contributed by atoms with Gasteiger partial charge >= 0.3 is 0 Å². The van der Waals surface area contributed by atoms with Crippen LogP contribution in [-0.2, 0) is 10.0 Å². The van der Waals surface area contributed by atoms with Crippen molar-refractivity contribution in [3.8, 4) is 0 Å². The molecular weight excluding hydrogens is 272 g/mol. The fourth-order valence-electron chi connectivity index (χ4n) is 2.84. The Kier molecular flexibility index (Phi) is 5.05. The van der Waals surface area contributed by atoms with Crippen molar-refractivity contribution in [3.05, 3.63) is 24.3 Å². The van der Waals surface area contributed by atoms with Crippen LogP contribution in [0.2, 0.25) is 0 Å². The second kappa shape index (κ2) is 6.59. The first-order valence-electron chi connectivity index (χ1n) is 7.39. The summed E-state index contributed by atoms with van der Waals surface area (Å²) in [6, 6.07) is 7.43. The number of nitrogens with one attached hydrogen (secondary N) is 2. The molecule has 0 saturated heterocycles. The second-order valence-corrected chi connectivity index (χ2v) is 7.27. The van der Waals surface area contributed by atoms with Crippen molar-refractivity contribution in [2.24, 2.45) is 5.92 Å². The van der Waals surface area contributed by atoms with Gasteiger partial charge in [0.05, 0.1) is 4.90 Å². The maximum atomic E-state index is 11.8. The van der Waals surface area contributed by atoms with Gasteiger partial charge < -0.3 is 5.32 Å². The molecule has 20 heavy (non-hydrogen) atoms. The SMILES string of the molecule is CCNS(=O)(=O)c1ccc(NC(C)C2CCCC2)cc1. The molecule has 0 aliphatic heterocycles. The van der Waals surface area contributed by atoms with E-state index in [1.165, 1.54) is 25.7 Å². The summed E-state index contributed by atoms with van der Waals surface area (Å²) >= 11 is 0. The fourth-order valence-corrected chi connectivity index (χ4v) is 3.88. The predicted molar refractivity (Wildman–Crippen MR) is 82.3 cm³/mol. The third kappa shape index (κ3) is 3.73. The van der Waals surface area contributed by atoms with Crippen molar-refractivity contribution in [3.63, 3.8) is 0 Å². The molecule has 0 spiro atoms. The standard InChI is InChI=1S/C15H24N2O2S/c1-3-16-20(18,19)15-10-8-14(9-11-15)17-12(2)13-6-4-5-7-13/h8-13,16-17H,3-7H2,1-2H3. The Hall–Kier alpha value is -1.07. The van der Waals surface area contributed by atoms with Crippen molar-refractivity contribution in [1.29, 1.82) is 0 Å². The van der Waals surface area contributed by atoms with Gasteiger partial charge in [-0.25, -0.2) is 13.1 Å². The lowest BCUT2D eigenvalue weighted by Crippen LogP contribution is -2.24. The van der Waals surface area contributed by atoms with Gasteiger partial charge in [0, 0.05) is 18.3 Å². The molecule has 1 fully saturated rings. The van der Waals surface area contributed by atoms with Gasteiger partial charge in [0.25, 0.3) is 0 Å². The third-order valence-electron chi connectivity index (χ3n) is 4.00. The average Bonchev–Trinajstić information content (AvgIpc) is 2.93. The topological polar surface area (TPSA) is 58.2 Å². The summed E-state index contributed by atoms with van der Waals surface area (Å²) in [7, 11) is -3.35. The number of benzene rings is 1. The van der Waals surface area contributed by atoms with Crippen LogP contribution >= 0.6 is 0 Å². The Morgan fingerprint density at radius 1 is 1.20 bits per heavy atom. The van der Waals surface area contributed by atoms with Gasteiger partial charge in [-0.15, -0.1) is 0 Å². The third-order valence-corrected chi connectivity index (χ3v) is 5.56. The van der Waals surface area contributed by atoms with Gasteiger partial charge in [-0.2, -0.15) is 0 Å². The minimum atomic E-state index is -3.35. The molecule has 4 nitrogen and oxygen atoms in total. The van der Waals surface area contributed by atoms with Crippen LogP contribution in [0.15, 0.2) is 29.2 Å². The van der Waals surface area contributed by atoms with E-state index >= 15 is 0 Å². The normalized spacial score (nSPS) is 18.1. The van der Waals surface area contributed by atoms with Crippen LogP contribution in [0.3, 0.4) is 0 Å². The molecule has 0 amide bonds. The zero-order valence-electron chi connectivity index (χ0n) is 12.2. The Morgan fingerprint density at radius 2 is 1.80 bits per heavy atom. The van der Waals surface area contributed by atoms with Crippen LogP contribution in [0.5, 0.6) is 0 Å². The molecule has 1 saturated carbocycles. The van der Waals surface area contributed by atoms with Crippen LogP contribution in [0.1, 0.15) is 39.5 Å². The van der Waals surface area contributed by atoms with E-state index in [0.717, 1.165) is 11.6 Å². The zero-order valence-corrected chi connectivity index (χ0v) is 13.0. The van der Waals surface area contributed by atoms with Crippen LogP contribution in [0, 0.1) is 5.92 Å². The molecule has 112 valence electrons. The summed E-state index contributed by atoms with van der Waals surface area (Å²) in [6.45, 7) is 4.39. The number of hydrogen-bond donors (Lipinski definition) is 2. The van der Waals surface area contributed by atoms with Crippen LogP contribution in [0.4, 0.5) is 5.69 Å². The molecule has 5 heteroatoms. The summed E-state index contributed by atoms with van der Waals surface area (Å²) in [5.74, 6) is 0.736. The highest BCUT2D eigenvalue weighted by Gasteiger charge is 2.21. The van der Waals surface area contributed by atoms with E-state index in [-0.39, 0.29) is 0 Å². The van der Waals surface area contributed by atoms with E-state index in [2.05, 4.69) is 17.0 Å². The second-order valence-electron chi connectivity index (χ2n) is 5.50. The highest BCUT2D eigenvalue weighted by Crippen LogP contribution is 2.29. The fraction of sp³-hybridized carbons (Fsp3) is 0.600. The summed E-state index contributed by atoms with van der Waals surface area (Å²) in [4.78, 5) is 0.318. The minimum absolute atomic E-state index is 0.318. The molecule has 1 aromatic carbocycles. The summed E-state index contributed by atoms with van der Waals surface area (Å²) in [5.41, 5.74) is 0.986. The van der Waals surface area contributed by atoms with Crippen molar-refractivity contribution in [2.75, 3.05) is 11.9 Å². The van der Waals surface area contributed by atoms with Crippen molar-refractivity contribution in [2.45, 2.75) is 50.5 Å². The van der Waals surface area contributed by atoms with E-state index in [1.807, 2.05) is 12.1 Å². The van der Waals surface area contributed by atoms with Crippen LogP contribution in [-0.4, -0.2) is 21.0 Å². The smallest absolute Gasteiger partial charge is 0.240 e. The molecule has 1 aromatic rings. The van der Waals surface area contributed by atoms with Gasteiger partial charge in [0.2, 0.25) is 10.0 Å². The van der Waals surface area contributed by atoms with Gasteiger partial charge in [-0.05, 0) is 49.9 Å². The largest absolute Gasteiger partial charge is 0.382 e. The molecule has 2 N–H and O–H groups in total. The van der Waals surface area contributed by atoms with E-state index in [0.29, 0.717) is 17.5 Å². The molecule has 0 aromatic heterocycles. The van der Waals surface area contributed by atoms with Crippen molar-refractivity contribution in [1.82, 2.24) is 4.72 Å². The van der Waals surface area contributed by atoms with Crippen molar-refractivity contribution < 1.29 is 8.42 Å². The van der Waals surface area contributed by atoms with E-state index in [4.69, 9.17) is 0 Å². The van der Waals surface area contributed by atoms with Crippen molar-refractivity contribution >= 4 is 15.7 Å². The highest BCUT2D eigenvalue weighted by molar-refractivity contribution is 7.89. The Labute approximate surface area is 122 Å². The Balaban J connectivity index is 2.01. The minimum Gasteiger partial charge on any atom is -0.382 e. The molecule has 2 rings (SSSR count). The molecule has 1 aliphatic carbocycles. The van der Waals surface area contributed by atoms with Gasteiger partial charge in [-0.3, -0.25) is 0 Å². The Bertz CT molecular complexity index is 519. The van der Waals surface area contributed by atoms with Gasteiger partial charge in [0.15, 0.2) is 0 Å². The first-order chi connectivity index (χ1) is 9.53. The first-order valence-corrected chi connectivity index (χ1v) is 8.87. The lowest BCUT2D eigenvalue weighted by molar-refractivity contribution is 0.482. The molecular formula is C15H24N2O2S. The van der Waals surface area contributed by atoms with E-state index in [1.54, 1.807) is 19.1 Å². The summed E-state index contributed by atoms with van der Waals surface area (Å²) in [5, 5.41) is 3.48. The van der Waals surface area contributed by atoms with Gasteiger partial charge in [0.1, 0.15) is 0 Å². The molecule has 0 radical (unpaired) electrons. The predicted octanol–water partition coefficient (Wildman–Crippen LogP) is 2.98. The molecule has 1 atom stereocenters. The molecule has 1 aliphatic rings. The average molecular weight is 296 g/mol. The lowest BCUT2D eigenvalue weighted by Gasteiger charge is -2.21. The van der Waals surface area contributed by atoms with E-state index < -0.39 is 10.0 Å². The highest BCUT2D eigenvalue weighted by atomic mass is 32.2. The maximum Gasteiger partial charge on any atom is 0.240 e. The molecule has 1 unspecified atom stereocenters. The molecule has 0 heterocycles. The summed E-state index contributed by atoms with van der Waals surface area (Å²) in [6.07, 6.45) is 5.25. The first kappa shape index (κ1) is 15.3. The number of sulfonamides is 1. The lowest BCUT2D eigenvalue weighted by atomic mass is 9.99. The van der Waals surface area contributed by atoms with Crippen LogP contribution in [0.25, 0.3) is 0 Å². The summed E-state index contributed by atoms with van der Waals surface area (Å²) < 4.78 is 26.2. The van der Waals surface area contributed by atoms with E-state index in [9.17, 15) is 8.42 Å². The maximum absolute atomic E-state index is 11.8. The zero-order chi connectivity index (χ0) is 14.6. The monoisotopic (exact) mass is 296 g/mol. The van der Waals surface area contributed by atoms with Gasteiger partial charge in [-0.1, -0.05) is 19.8 Å². The number of anilines is 1. The molecule has 0 bridgehead atoms. The van der Waals surface area contributed by atoms with Crippen LogP contribution < -0.4 is 10.0 Å². The number of rotatable bonds is 6.